The highest BCUT2D eigenvalue weighted by atomic mass is 16.7. The van der Waals surface area contributed by atoms with Crippen molar-refractivity contribution < 1.29 is 28.7 Å². The SMILES string of the molecule is C[C@@H]([C@@H]1C[C@H]2CC[C@H]1C2)N1C(=O)C(=O)N(CC(=O)Nc2ccc3c(c2)OCO3)C1=O. The lowest BCUT2D eigenvalue weighted by molar-refractivity contribution is -0.144. The fourth-order valence-corrected chi connectivity index (χ4v) is 5.42. The van der Waals surface area contributed by atoms with Crippen LogP contribution >= 0.6 is 0 Å². The highest BCUT2D eigenvalue weighted by Crippen LogP contribution is 2.50. The number of urea groups is 1. The van der Waals surface area contributed by atoms with Crippen LogP contribution in [0.2, 0.25) is 0 Å². The summed E-state index contributed by atoms with van der Waals surface area (Å²) in [6.45, 7) is 1.44. The van der Waals surface area contributed by atoms with Gasteiger partial charge in [-0.25, -0.2) is 9.69 Å². The molecule has 5 amide bonds. The van der Waals surface area contributed by atoms with E-state index in [9.17, 15) is 19.2 Å². The van der Waals surface area contributed by atoms with Gasteiger partial charge in [-0.2, -0.15) is 0 Å². The molecule has 4 atom stereocenters. The van der Waals surface area contributed by atoms with Gasteiger partial charge in [0.25, 0.3) is 0 Å². The molecule has 2 aliphatic heterocycles. The average Bonchev–Trinajstić information content (AvgIpc) is 3.49. The summed E-state index contributed by atoms with van der Waals surface area (Å²) >= 11 is 0. The Balaban J connectivity index is 1.25. The molecule has 158 valence electrons. The second-order valence-electron chi connectivity index (χ2n) is 8.54. The zero-order chi connectivity index (χ0) is 21.0. The Morgan fingerprint density at radius 3 is 2.67 bits per heavy atom. The molecule has 0 spiro atoms. The molecule has 2 heterocycles. The van der Waals surface area contributed by atoms with E-state index in [2.05, 4.69) is 5.32 Å². The van der Waals surface area contributed by atoms with Gasteiger partial charge in [0.1, 0.15) is 6.54 Å². The van der Waals surface area contributed by atoms with E-state index < -0.39 is 30.3 Å². The number of hydrogen-bond acceptors (Lipinski definition) is 6. The lowest BCUT2D eigenvalue weighted by Gasteiger charge is -2.32. The molecule has 1 N–H and O–H groups in total. The molecule has 3 fully saturated rings. The third kappa shape index (κ3) is 3.00. The van der Waals surface area contributed by atoms with Crippen molar-refractivity contribution >= 4 is 29.4 Å². The summed E-state index contributed by atoms with van der Waals surface area (Å²) in [5.41, 5.74) is 0.446. The monoisotopic (exact) mass is 413 g/mol. The van der Waals surface area contributed by atoms with Crippen molar-refractivity contribution in [2.75, 3.05) is 18.7 Å². The average molecular weight is 413 g/mol. The Kier molecular flexibility index (Phi) is 4.41. The maximum atomic E-state index is 12.9. The van der Waals surface area contributed by atoms with Gasteiger partial charge >= 0.3 is 17.8 Å². The Labute approximate surface area is 173 Å². The molecule has 0 unspecified atom stereocenters. The number of hydrogen-bond donors (Lipinski definition) is 1. The van der Waals surface area contributed by atoms with E-state index in [1.807, 2.05) is 6.92 Å². The van der Waals surface area contributed by atoms with Crippen molar-refractivity contribution in [3.63, 3.8) is 0 Å². The smallest absolute Gasteiger partial charge is 0.334 e. The Morgan fingerprint density at radius 1 is 1.13 bits per heavy atom. The third-order valence-corrected chi connectivity index (χ3v) is 6.86. The van der Waals surface area contributed by atoms with Crippen LogP contribution in [0.3, 0.4) is 0 Å². The Bertz CT molecular complexity index is 947. The van der Waals surface area contributed by atoms with Gasteiger partial charge in [0.05, 0.1) is 0 Å². The van der Waals surface area contributed by atoms with Crippen LogP contribution in [-0.4, -0.2) is 52.9 Å². The first-order valence-corrected chi connectivity index (χ1v) is 10.3. The minimum absolute atomic E-state index is 0.113. The van der Waals surface area contributed by atoms with Gasteiger partial charge in [-0.15, -0.1) is 0 Å². The standard InChI is InChI=1S/C21H23N3O6/c1-11(15-7-12-2-3-13(15)6-12)24-20(27)19(26)23(21(24)28)9-18(25)22-14-4-5-16-17(8-14)30-10-29-16/h4-5,8,11-13,15H,2-3,6-7,9-10H2,1H3,(H,22,25)/t11-,12-,13-,15-/m0/s1. The predicted molar refractivity (Wildman–Crippen MR) is 104 cm³/mol. The summed E-state index contributed by atoms with van der Waals surface area (Å²) in [4.78, 5) is 52.1. The minimum Gasteiger partial charge on any atom is -0.454 e. The number of anilines is 1. The molecule has 0 radical (unpaired) electrons. The fraction of sp³-hybridized carbons (Fsp3) is 0.524. The summed E-state index contributed by atoms with van der Waals surface area (Å²) in [5.74, 6) is 0.112. The summed E-state index contributed by atoms with van der Waals surface area (Å²) in [6.07, 6.45) is 4.45. The number of imide groups is 2. The van der Waals surface area contributed by atoms with E-state index in [1.165, 1.54) is 6.42 Å². The number of carbonyl (C=O) groups excluding carboxylic acids is 4. The molecule has 4 aliphatic rings. The second kappa shape index (κ2) is 7.00. The van der Waals surface area contributed by atoms with Crippen LogP contribution in [-0.2, 0) is 14.4 Å². The predicted octanol–water partition coefficient (Wildman–Crippen LogP) is 1.97. The molecule has 2 aliphatic carbocycles. The van der Waals surface area contributed by atoms with Gasteiger partial charge in [-0.3, -0.25) is 19.3 Å². The number of nitrogens with one attached hydrogen (secondary N) is 1. The number of carbonyl (C=O) groups is 4. The van der Waals surface area contributed by atoms with Gasteiger partial charge in [-0.05, 0) is 56.1 Å². The van der Waals surface area contributed by atoms with E-state index in [-0.39, 0.29) is 18.8 Å². The van der Waals surface area contributed by atoms with Crippen LogP contribution in [0.25, 0.3) is 0 Å². The van der Waals surface area contributed by atoms with Crippen LogP contribution in [0, 0.1) is 17.8 Å². The zero-order valence-electron chi connectivity index (χ0n) is 16.6. The normalized spacial score (nSPS) is 27.9. The summed E-state index contributed by atoms with van der Waals surface area (Å²) in [5, 5.41) is 2.63. The molecule has 30 heavy (non-hydrogen) atoms. The van der Waals surface area contributed by atoms with Gasteiger partial charge < -0.3 is 14.8 Å². The zero-order valence-corrected chi connectivity index (χ0v) is 16.6. The maximum Gasteiger partial charge on any atom is 0.334 e. The quantitative estimate of drug-likeness (QED) is 0.585. The minimum atomic E-state index is -0.948. The largest absolute Gasteiger partial charge is 0.454 e. The highest BCUT2D eigenvalue weighted by molar-refractivity contribution is 6.45. The van der Waals surface area contributed by atoms with Crippen molar-refractivity contribution in [2.24, 2.45) is 17.8 Å². The Morgan fingerprint density at radius 2 is 1.93 bits per heavy atom. The van der Waals surface area contributed by atoms with Crippen molar-refractivity contribution in [1.82, 2.24) is 9.80 Å². The van der Waals surface area contributed by atoms with Gasteiger partial charge in [0, 0.05) is 17.8 Å². The Hall–Kier alpha value is -3.10. The molecule has 2 bridgehead atoms. The van der Waals surface area contributed by atoms with Crippen molar-refractivity contribution in [1.29, 1.82) is 0 Å². The first-order valence-electron chi connectivity index (χ1n) is 10.3. The number of amides is 5. The number of rotatable bonds is 5. The number of fused-ring (bicyclic) bond motifs is 3. The van der Waals surface area contributed by atoms with Crippen LogP contribution in [0.15, 0.2) is 18.2 Å². The van der Waals surface area contributed by atoms with E-state index >= 15 is 0 Å². The van der Waals surface area contributed by atoms with Gasteiger partial charge in [0.2, 0.25) is 12.7 Å². The summed E-state index contributed by atoms with van der Waals surface area (Å²) < 4.78 is 10.5. The van der Waals surface area contributed by atoms with Crippen molar-refractivity contribution in [3.05, 3.63) is 18.2 Å². The first-order chi connectivity index (χ1) is 14.4. The van der Waals surface area contributed by atoms with E-state index in [1.54, 1.807) is 18.2 Å². The van der Waals surface area contributed by atoms with Gasteiger partial charge in [-0.1, -0.05) is 6.42 Å². The molecule has 9 nitrogen and oxygen atoms in total. The van der Waals surface area contributed by atoms with Gasteiger partial charge in [0.15, 0.2) is 11.5 Å². The molecule has 1 aromatic rings. The van der Waals surface area contributed by atoms with E-state index in [4.69, 9.17) is 9.47 Å². The summed E-state index contributed by atoms with van der Waals surface area (Å²) in [6, 6.07) is 3.84. The third-order valence-electron chi connectivity index (χ3n) is 6.86. The van der Waals surface area contributed by atoms with Crippen LogP contribution in [0.4, 0.5) is 10.5 Å². The van der Waals surface area contributed by atoms with E-state index in [0.717, 1.165) is 29.1 Å². The van der Waals surface area contributed by atoms with Crippen molar-refractivity contribution in [2.45, 2.75) is 38.6 Å². The van der Waals surface area contributed by atoms with Crippen LogP contribution in [0.5, 0.6) is 11.5 Å². The lowest BCUT2D eigenvalue weighted by Crippen LogP contribution is -2.45. The summed E-state index contributed by atoms with van der Waals surface area (Å²) in [7, 11) is 0. The molecule has 1 saturated heterocycles. The highest BCUT2D eigenvalue weighted by Gasteiger charge is 2.52. The molecule has 5 rings (SSSR count). The second-order valence-corrected chi connectivity index (χ2v) is 8.54. The molecule has 1 aromatic carbocycles. The van der Waals surface area contributed by atoms with Crippen molar-refractivity contribution in [3.8, 4) is 11.5 Å². The number of ether oxygens (including phenoxy) is 2. The lowest BCUT2D eigenvalue weighted by atomic mass is 9.83. The molecule has 0 aromatic heterocycles. The molecule has 2 saturated carbocycles. The topological polar surface area (TPSA) is 105 Å². The van der Waals surface area contributed by atoms with Crippen LogP contribution in [0.1, 0.15) is 32.6 Å². The van der Waals surface area contributed by atoms with Crippen LogP contribution < -0.4 is 14.8 Å². The number of nitrogens with zero attached hydrogens (tertiary/aromatic N) is 2. The number of benzene rings is 1. The molecule has 9 heteroatoms. The molecular weight excluding hydrogens is 390 g/mol. The molecular formula is C21H23N3O6. The maximum absolute atomic E-state index is 12.9. The first kappa shape index (κ1) is 18.9. The van der Waals surface area contributed by atoms with E-state index in [0.29, 0.717) is 29.0 Å². The fourth-order valence-electron chi connectivity index (χ4n) is 5.42.